The number of ether oxygens (including phenoxy) is 1. The summed E-state index contributed by atoms with van der Waals surface area (Å²) in [5, 5.41) is 6.27. The van der Waals surface area contributed by atoms with E-state index in [1.165, 1.54) is 11.3 Å². The summed E-state index contributed by atoms with van der Waals surface area (Å²) in [7, 11) is 0. The molecular weight excluding hydrogens is 374 g/mol. The molecule has 8 heteroatoms. The summed E-state index contributed by atoms with van der Waals surface area (Å²) in [5.74, 6) is -0.184. The third-order valence-electron chi connectivity index (χ3n) is 3.73. The maximum Gasteiger partial charge on any atom is 0.407 e. The van der Waals surface area contributed by atoms with Crippen LogP contribution < -0.4 is 10.6 Å². The van der Waals surface area contributed by atoms with E-state index in [2.05, 4.69) is 15.6 Å². The Labute approximate surface area is 160 Å². The second-order valence-corrected chi connectivity index (χ2v) is 7.38. The van der Waals surface area contributed by atoms with E-state index in [9.17, 15) is 9.59 Å². The van der Waals surface area contributed by atoms with Crippen molar-refractivity contribution in [2.75, 3.05) is 13.1 Å². The van der Waals surface area contributed by atoms with Crippen molar-refractivity contribution in [2.24, 2.45) is 4.99 Å². The Balaban J connectivity index is 1.28. The zero-order chi connectivity index (χ0) is 18.4. The second-order valence-electron chi connectivity index (χ2n) is 5.71. The van der Waals surface area contributed by atoms with E-state index >= 15 is 0 Å². The molecule has 0 saturated heterocycles. The monoisotopic (exact) mass is 391 g/mol. The Hall–Kier alpha value is -2.38. The van der Waals surface area contributed by atoms with Gasteiger partial charge in [0.25, 0.3) is 5.91 Å². The maximum absolute atomic E-state index is 12.1. The molecule has 0 atom stereocenters. The molecule has 1 aromatic heterocycles. The molecule has 26 heavy (non-hydrogen) atoms. The Morgan fingerprint density at radius 3 is 2.73 bits per heavy atom. The van der Waals surface area contributed by atoms with Crippen LogP contribution in [-0.4, -0.2) is 30.8 Å². The van der Waals surface area contributed by atoms with Gasteiger partial charge in [-0.25, -0.2) is 9.79 Å². The highest BCUT2D eigenvalue weighted by Crippen LogP contribution is 2.38. The van der Waals surface area contributed by atoms with Crippen LogP contribution in [0.1, 0.15) is 17.5 Å². The standard InChI is InChI=1S/C18H18ClN3O3S/c19-15-10-13-9-14(22-17(13)26-15)16(23)20-7-4-8-21-18(24)25-11-12-5-2-1-3-6-12/h1-3,5-6,10H,4,7-9,11H2,(H,20,23)(H,21,24). The van der Waals surface area contributed by atoms with Gasteiger partial charge in [0.15, 0.2) is 0 Å². The van der Waals surface area contributed by atoms with Gasteiger partial charge in [-0.15, -0.1) is 11.3 Å². The molecular formula is C18H18ClN3O3S. The fraction of sp³-hybridized carbons (Fsp3) is 0.278. The normalized spacial score (nSPS) is 12.3. The van der Waals surface area contributed by atoms with Crippen LogP contribution in [0.25, 0.3) is 0 Å². The molecule has 0 aliphatic carbocycles. The molecule has 2 N–H and O–H groups in total. The Morgan fingerprint density at radius 1 is 1.19 bits per heavy atom. The first kappa shape index (κ1) is 18.4. The van der Waals surface area contributed by atoms with Crippen LogP contribution in [0.4, 0.5) is 9.80 Å². The van der Waals surface area contributed by atoms with Gasteiger partial charge in [-0.2, -0.15) is 0 Å². The number of nitrogens with zero attached hydrogens (tertiary/aromatic N) is 1. The van der Waals surface area contributed by atoms with E-state index in [0.717, 1.165) is 16.1 Å². The summed E-state index contributed by atoms with van der Waals surface area (Å²) in [6.07, 6.45) is 0.642. The number of alkyl carbamates (subject to hydrolysis) is 1. The van der Waals surface area contributed by atoms with Crippen molar-refractivity contribution in [2.45, 2.75) is 19.4 Å². The van der Waals surface area contributed by atoms with E-state index in [1.807, 2.05) is 36.4 Å². The SMILES string of the molecule is O=C(NCCCNC(=O)C1=Nc2sc(Cl)cc2C1)OCc1ccccc1. The fourth-order valence-corrected chi connectivity index (χ4v) is 3.59. The summed E-state index contributed by atoms with van der Waals surface area (Å²) in [4.78, 5) is 28.0. The highest BCUT2D eigenvalue weighted by atomic mass is 35.5. The molecule has 0 fully saturated rings. The van der Waals surface area contributed by atoms with Crippen LogP contribution in [0.5, 0.6) is 0 Å². The molecule has 0 radical (unpaired) electrons. The summed E-state index contributed by atoms with van der Waals surface area (Å²) >= 11 is 7.28. The first-order valence-corrected chi connectivity index (χ1v) is 9.40. The quantitative estimate of drug-likeness (QED) is 0.709. The highest BCUT2D eigenvalue weighted by Gasteiger charge is 2.22. The van der Waals surface area contributed by atoms with Crippen molar-refractivity contribution in [1.82, 2.24) is 10.6 Å². The zero-order valence-electron chi connectivity index (χ0n) is 14.0. The predicted molar refractivity (Wildman–Crippen MR) is 102 cm³/mol. The van der Waals surface area contributed by atoms with Gasteiger partial charge in [0.2, 0.25) is 0 Å². The Bertz CT molecular complexity index is 820. The van der Waals surface area contributed by atoms with Crippen molar-refractivity contribution in [1.29, 1.82) is 0 Å². The van der Waals surface area contributed by atoms with Crippen LogP contribution in [-0.2, 0) is 22.6 Å². The molecule has 2 heterocycles. The minimum atomic E-state index is -0.471. The predicted octanol–water partition coefficient (Wildman–Crippen LogP) is 3.46. The minimum absolute atomic E-state index is 0.184. The van der Waals surface area contributed by atoms with Gasteiger partial charge in [-0.05, 0) is 23.6 Å². The van der Waals surface area contributed by atoms with E-state index in [4.69, 9.17) is 16.3 Å². The number of carbonyl (C=O) groups excluding carboxylic acids is 2. The van der Waals surface area contributed by atoms with Crippen molar-refractivity contribution in [3.63, 3.8) is 0 Å². The van der Waals surface area contributed by atoms with Crippen molar-refractivity contribution < 1.29 is 14.3 Å². The molecule has 2 amide bonds. The van der Waals surface area contributed by atoms with Crippen LogP contribution in [0, 0.1) is 0 Å². The number of fused-ring (bicyclic) bond motifs is 1. The largest absolute Gasteiger partial charge is 0.445 e. The summed E-state index contributed by atoms with van der Waals surface area (Å²) in [6.45, 7) is 1.10. The average molecular weight is 392 g/mol. The number of rotatable bonds is 7. The number of carbonyl (C=O) groups is 2. The molecule has 1 aliphatic heterocycles. The molecule has 0 bridgehead atoms. The number of nitrogens with one attached hydrogen (secondary N) is 2. The number of aliphatic imine (C=N–C) groups is 1. The van der Waals surface area contributed by atoms with Crippen molar-refractivity contribution in [3.8, 4) is 0 Å². The van der Waals surface area contributed by atoms with Crippen molar-refractivity contribution in [3.05, 3.63) is 51.9 Å². The first-order valence-electron chi connectivity index (χ1n) is 8.20. The number of amides is 2. The van der Waals surface area contributed by atoms with Crippen LogP contribution in [0.2, 0.25) is 4.34 Å². The lowest BCUT2D eigenvalue weighted by Gasteiger charge is -2.08. The van der Waals surface area contributed by atoms with Gasteiger partial charge >= 0.3 is 6.09 Å². The smallest absolute Gasteiger partial charge is 0.407 e. The van der Waals surface area contributed by atoms with Gasteiger partial charge < -0.3 is 15.4 Å². The highest BCUT2D eigenvalue weighted by molar-refractivity contribution is 7.20. The molecule has 6 nitrogen and oxygen atoms in total. The minimum Gasteiger partial charge on any atom is -0.445 e. The molecule has 1 aliphatic rings. The number of benzene rings is 1. The van der Waals surface area contributed by atoms with Crippen LogP contribution in [0.15, 0.2) is 41.4 Å². The molecule has 0 spiro atoms. The summed E-state index contributed by atoms with van der Waals surface area (Å²) < 4.78 is 5.79. The van der Waals surface area contributed by atoms with Gasteiger partial charge in [-0.1, -0.05) is 41.9 Å². The van der Waals surface area contributed by atoms with E-state index in [-0.39, 0.29) is 12.5 Å². The van der Waals surface area contributed by atoms with Crippen LogP contribution in [0.3, 0.4) is 0 Å². The first-order chi connectivity index (χ1) is 12.6. The van der Waals surface area contributed by atoms with E-state index in [1.54, 1.807) is 0 Å². The van der Waals surface area contributed by atoms with Gasteiger partial charge in [0.05, 0.1) is 4.34 Å². The third-order valence-corrected chi connectivity index (χ3v) is 4.93. The lowest BCUT2D eigenvalue weighted by Crippen LogP contribution is -2.34. The van der Waals surface area contributed by atoms with Gasteiger partial charge in [-0.3, -0.25) is 4.79 Å². The number of halogens is 1. The zero-order valence-corrected chi connectivity index (χ0v) is 15.5. The number of hydrogen-bond acceptors (Lipinski definition) is 5. The molecule has 136 valence electrons. The Kier molecular flexibility index (Phi) is 6.25. The summed E-state index contributed by atoms with van der Waals surface area (Å²) in [5.41, 5.74) is 2.42. The van der Waals surface area contributed by atoms with Gasteiger partial charge in [0, 0.05) is 19.5 Å². The fourth-order valence-electron chi connectivity index (χ4n) is 2.44. The maximum atomic E-state index is 12.1. The third kappa shape index (κ3) is 5.06. The lowest BCUT2D eigenvalue weighted by molar-refractivity contribution is -0.114. The number of hydrogen-bond donors (Lipinski definition) is 2. The topological polar surface area (TPSA) is 79.8 Å². The molecule has 0 unspecified atom stereocenters. The average Bonchev–Trinajstić information content (AvgIpc) is 3.18. The second kappa shape index (κ2) is 8.82. The number of thiophene rings is 1. The van der Waals surface area contributed by atoms with Gasteiger partial charge in [0.1, 0.15) is 17.3 Å². The molecule has 3 rings (SSSR count). The molecule has 1 aromatic carbocycles. The molecule has 0 saturated carbocycles. The Morgan fingerprint density at radius 2 is 1.96 bits per heavy atom. The van der Waals surface area contributed by atoms with E-state index in [0.29, 0.717) is 36.0 Å². The lowest BCUT2D eigenvalue weighted by atomic mass is 10.2. The van der Waals surface area contributed by atoms with Crippen LogP contribution >= 0.6 is 22.9 Å². The van der Waals surface area contributed by atoms with Crippen molar-refractivity contribution >= 4 is 45.7 Å². The molecule has 2 aromatic rings. The summed E-state index contributed by atoms with van der Waals surface area (Å²) in [6, 6.07) is 11.3. The van der Waals surface area contributed by atoms with E-state index < -0.39 is 6.09 Å².